The van der Waals surface area contributed by atoms with E-state index in [4.69, 9.17) is 5.11 Å². The molecule has 0 aromatic heterocycles. The van der Waals surface area contributed by atoms with E-state index >= 15 is 0 Å². The Morgan fingerprint density at radius 1 is 1.26 bits per heavy atom. The Morgan fingerprint density at radius 3 is 2.11 bits per heavy atom. The third-order valence-electron chi connectivity index (χ3n) is 2.31. The molecule has 0 fully saturated rings. The number of hydrogen-bond acceptors (Lipinski definition) is 3. The molecule has 1 aromatic rings. The molecular weight excluding hydrogens is 280 g/mol. The monoisotopic (exact) mass is 293 g/mol. The molecule has 19 heavy (non-hydrogen) atoms. The molecule has 0 unspecified atom stereocenters. The van der Waals surface area contributed by atoms with Crippen molar-refractivity contribution < 1.29 is 27.1 Å². The fraction of sp³-hybridized carbons (Fsp3) is 0.364. The van der Waals surface area contributed by atoms with Gasteiger partial charge in [-0.05, 0) is 26.0 Å². The number of carbonyl (C=O) groups is 1. The molecular formula is C11H13F2NO4S. The number of carboxylic acids is 1. The average molecular weight is 293 g/mol. The van der Waals surface area contributed by atoms with Crippen LogP contribution in [-0.4, -0.2) is 36.4 Å². The van der Waals surface area contributed by atoms with Crippen molar-refractivity contribution in [3.63, 3.8) is 0 Å². The average Bonchev–Trinajstić information content (AvgIpc) is 2.23. The number of carboxylic acid groups (broad SMARTS) is 1. The van der Waals surface area contributed by atoms with Crippen molar-refractivity contribution in [3.8, 4) is 0 Å². The van der Waals surface area contributed by atoms with Crippen LogP contribution in [-0.2, 0) is 14.8 Å². The Bertz CT molecular complexity index is 566. The summed E-state index contributed by atoms with van der Waals surface area (Å²) in [5.74, 6) is -3.44. The van der Waals surface area contributed by atoms with E-state index in [1.807, 2.05) is 0 Å². The molecule has 0 saturated heterocycles. The van der Waals surface area contributed by atoms with Crippen LogP contribution in [0.1, 0.15) is 13.8 Å². The SMILES string of the molecule is CC(C)N(CC(=O)O)S(=O)(=O)c1cc(F)cc(F)c1. The molecule has 0 bridgehead atoms. The van der Waals surface area contributed by atoms with Gasteiger partial charge < -0.3 is 5.11 Å². The molecule has 0 aliphatic rings. The van der Waals surface area contributed by atoms with Crippen LogP contribution in [0.25, 0.3) is 0 Å². The van der Waals surface area contributed by atoms with Crippen LogP contribution in [0, 0.1) is 11.6 Å². The van der Waals surface area contributed by atoms with Crippen molar-refractivity contribution in [2.24, 2.45) is 0 Å². The summed E-state index contributed by atoms with van der Waals surface area (Å²) in [6, 6.07) is 1.17. The molecule has 1 N–H and O–H groups in total. The second kappa shape index (κ2) is 5.62. The van der Waals surface area contributed by atoms with E-state index in [1.54, 1.807) is 0 Å². The zero-order valence-electron chi connectivity index (χ0n) is 10.3. The Balaban J connectivity index is 3.30. The molecule has 0 saturated carbocycles. The van der Waals surface area contributed by atoms with E-state index in [9.17, 15) is 22.0 Å². The third-order valence-corrected chi connectivity index (χ3v) is 4.31. The predicted molar refractivity (Wildman–Crippen MR) is 63.0 cm³/mol. The van der Waals surface area contributed by atoms with Crippen LogP contribution in [0.15, 0.2) is 23.1 Å². The summed E-state index contributed by atoms with van der Waals surface area (Å²) in [6.45, 7) is 2.16. The van der Waals surface area contributed by atoms with Gasteiger partial charge in [-0.3, -0.25) is 4.79 Å². The number of rotatable bonds is 5. The molecule has 1 rings (SSSR count). The highest BCUT2D eigenvalue weighted by Gasteiger charge is 2.29. The molecule has 5 nitrogen and oxygen atoms in total. The van der Waals surface area contributed by atoms with Gasteiger partial charge in [0.25, 0.3) is 0 Å². The van der Waals surface area contributed by atoms with E-state index < -0.39 is 45.1 Å². The van der Waals surface area contributed by atoms with Crippen molar-refractivity contribution in [2.45, 2.75) is 24.8 Å². The van der Waals surface area contributed by atoms with E-state index in [0.29, 0.717) is 22.5 Å². The van der Waals surface area contributed by atoms with Crippen LogP contribution in [0.3, 0.4) is 0 Å². The summed E-state index contributed by atoms with van der Waals surface area (Å²) in [7, 11) is -4.27. The van der Waals surface area contributed by atoms with Gasteiger partial charge in [0.2, 0.25) is 10.0 Å². The van der Waals surface area contributed by atoms with Gasteiger partial charge in [-0.2, -0.15) is 4.31 Å². The van der Waals surface area contributed by atoms with Gasteiger partial charge >= 0.3 is 5.97 Å². The zero-order chi connectivity index (χ0) is 14.8. The molecule has 0 spiro atoms. The lowest BCUT2D eigenvalue weighted by Gasteiger charge is -2.24. The van der Waals surface area contributed by atoms with Crippen LogP contribution in [0.4, 0.5) is 8.78 Å². The lowest BCUT2D eigenvalue weighted by atomic mass is 10.3. The number of benzene rings is 1. The second-order valence-corrected chi connectivity index (χ2v) is 6.03. The molecule has 1 aromatic carbocycles. The lowest BCUT2D eigenvalue weighted by Crippen LogP contribution is -2.40. The first-order chi connectivity index (χ1) is 8.64. The van der Waals surface area contributed by atoms with Crippen molar-refractivity contribution in [2.75, 3.05) is 6.54 Å². The van der Waals surface area contributed by atoms with Crippen LogP contribution >= 0.6 is 0 Å². The fourth-order valence-electron chi connectivity index (χ4n) is 1.49. The summed E-state index contributed by atoms with van der Waals surface area (Å²) in [6.07, 6.45) is 0. The van der Waals surface area contributed by atoms with Crippen molar-refractivity contribution >= 4 is 16.0 Å². The zero-order valence-corrected chi connectivity index (χ0v) is 11.1. The molecule has 0 aliphatic carbocycles. The summed E-state index contributed by atoms with van der Waals surface area (Å²) in [4.78, 5) is 10.1. The summed E-state index contributed by atoms with van der Waals surface area (Å²) >= 11 is 0. The maximum absolute atomic E-state index is 13.0. The van der Waals surface area contributed by atoms with Gasteiger partial charge in [0, 0.05) is 12.1 Å². The Kier molecular flexibility index (Phi) is 4.59. The highest BCUT2D eigenvalue weighted by atomic mass is 32.2. The molecule has 0 amide bonds. The molecule has 106 valence electrons. The third kappa shape index (κ3) is 3.71. The van der Waals surface area contributed by atoms with Crippen LogP contribution in [0.2, 0.25) is 0 Å². The minimum Gasteiger partial charge on any atom is -0.480 e. The smallest absolute Gasteiger partial charge is 0.318 e. The summed E-state index contributed by atoms with van der Waals surface area (Å²) in [5.41, 5.74) is 0. The highest BCUT2D eigenvalue weighted by molar-refractivity contribution is 7.89. The largest absolute Gasteiger partial charge is 0.480 e. The minimum atomic E-state index is -4.27. The number of halogens is 2. The first kappa shape index (κ1) is 15.5. The van der Waals surface area contributed by atoms with Gasteiger partial charge in [0.1, 0.15) is 18.2 Å². The maximum Gasteiger partial charge on any atom is 0.318 e. The van der Waals surface area contributed by atoms with E-state index in [2.05, 4.69) is 0 Å². The van der Waals surface area contributed by atoms with Gasteiger partial charge in [0.05, 0.1) is 4.90 Å². The molecule has 0 radical (unpaired) electrons. The normalized spacial score (nSPS) is 12.1. The molecule has 0 aliphatic heterocycles. The van der Waals surface area contributed by atoms with Crippen molar-refractivity contribution in [1.29, 1.82) is 0 Å². The van der Waals surface area contributed by atoms with Gasteiger partial charge in [-0.25, -0.2) is 17.2 Å². The van der Waals surface area contributed by atoms with Crippen LogP contribution in [0.5, 0.6) is 0 Å². The first-order valence-corrected chi connectivity index (χ1v) is 6.78. The van der Waals surface area contributed by atoms with Crippen molar-refractivity contribution in [3.05, 3.63) is 29.8 Å². The first-order valence-electron chi connectivity index (χ1n) is 5.34. The second-order valence-electron chi connectivity index (χ2n) is 4.14. The lowest BCUT2D eigenvalue weighted by molar-refractivity contribution is -0.137. The topological polar surface area (TPSA) is 74.7 Å². The number of hydrogen-bond donors (Lipinski definition) is 1. The Labute approximate surface area is 109 Å². The number of nitrogens with zero attached hydrogens (tertiary/aromatic N) is 1. The molecule has 0 heterocycles. The maximum atomic E-state index is 13.0. The van der Waals surface area contributed by atoms with Gasteiger partial charge in [-0.1, -0.05) is 0 Å². The fourth-order valence-corrected chi connectivity index (χ4v) is 3.12. The quantitative estimate of drug-likeness (QED) is 0.891. The van der Waals surface area contributed by atoms with E-state index in [0.717, 1.165) is 0 Å². The van der Waals surface area contributed by atoms with Crippen LogP contribution < -0.4 is 0 Å². The molecule has 0 atom stereocenters. The standard InChI is InChI=1S/C11H13F2NO4S/c1-7(2)14(6-11(15)16)19(17,18)10-4-8(12)3-9(13)5-10/h3-5,7H,6H2,1-2H3,(H,15,16). The van der Waals surface area contributed by atoms with Crippen molar-refractivity contribution in [1.82, 2.24) is 4.31 Å². The Morgan fingerprint density at radius 2 is 1.74 bits per heavy atom. The number of aliphatic carboxylic acids is 1. The summed E-state index contributed by atoms with van der Waals surface area (Å²) in [5, 5.41) is 8.70. The van der Waals surface area contributed by atoms with E-state index in [1.165, 1.54) is 13.8 Å². The van der Waals surface area contributed by atoms with E-state index in [-0.39, 0.29) is 0 Å². The minimum absolute atomic E-state index is 0.538. The molecule has 8 heteroatoms. The Hall–Kier alpha value is -1.54. The highest BCUT2D eigenvalue weighted by Crippen LogP contribution is 2.20. The summed E-state index contributed by atoms with van der Waals surface area (Å²) < 4.78 is 51.0. The predicted octanol–water partition coefficient (Wildman–Crippen LogP) is 1.45. The van der Waals surface area contributed by atoms with Gasteiger partial charge in [0.15, 0.2) is 0 Å². The number of sulfonamides is 1. The van der Waals surface area contributed by atoms with Gasteiger partial charge in [-0.15, -0.1) is 0 Å².